The van der Waals surface area contributed by atoms with Gasteiger partial charge in [0.25, 0.3) is 0 Å². The molecule has 0 aromatic carbocycles. The predicted molar refractivity (Wildman–Crippen MR) is 90.1 cm³/mol. The molecule has 0 spiro atoms. The van der Waals surface area contributed by atoms with Gasteiger partial charge in [-0.3, -0.25) is 9.35 Å². The largest absolute Gasteiger partial charge is 2.00 e. The Morgan fingerprint density at radius 3 is 1.76 bits per heavy atom. The summed E-state index contributed by atoms with van der Waals surface area (Å²) < 4.78 is 44.6. The van der Waals surface area contributed by atoms with Crippen molar-refractivity contribution < 1.29 is 44.4 Å². The van der Waals surface area contributed by atoms with Crippen molar-refractivity contribution in [2.24, 2.45) is 5.41 Å². The summed E-state index contributed by atoms with van der Waals surface area (Å²) in [6.07, 6.45) is -0.629. The topological polar surface area (TPSA) is 133 Å². The first kappa shape index (κ1) is 26.3. The van der Waals surface area contributed by atoms with E-state index in [1.54, 1.807) is 0 Å². The van der Waals surface area contributed by atoms with Gasteiger partial charge in [-0.25, -0.2) is 9.59 Å². The van der Waals surface area contributed by atoms with E-state index in [1.165, 1.54) is 20.8 Å². The molecule has 0 aliphatic rings. The number of carbonyl (C=O) groups is 3. The Morgan fingerprint density at radius 2 is 1.48 bits per heavy atom. The van der Waals surface area contributed by atoms with Gasteiger partial charge in [0.1, 0.15) is 17.6 Å². The normalized spacial score (nSPS) is 15.4. The molecule has 0 radical (unpaired) electrons. The molecule has 0 bridgehead atoms. The Kier molecular flexibility index (Phi) is 11.5. The first-order valence-electron chi connectivity index (χ1n) is 6.67. The van der Waals surface area contributed by atoms with Gasteiger partial charge in [-0.15, -0.1) is 0 Å². The van der Waals surface area contributed by atoms with E-state index in [9.17, 15) is 22.8 Å². The molecule has 0 amide bonds. The number of ether oxygens (including phenoxy) is 3. The van der Waals surface area contributed by atoms with Crippen LogP contribution < -0.4 is 0 Å². The van der Waals surface area contributed by atoms with Gasteiger partial charge >= 0.3 is 65.8 Å². The Balaban J connectivity index is -0.000000882. The second-order valence-corrected chi connectivity index (χ2v) is 6.38. The molecule has 1 N–H and O–H groups in total. The SMILES string of the molecule is C=CC(=O)OC(C)C(C)(C(=O)OCS(=O)(=O)O)C(C)OC(=O)C=C.[Ca+2].[H-].[H-]. The molecule has 0 saturated carbocycles. The number of hydrogen-bond acceptors (Lipinski definition) is 8. The summed E-state index contributed by atoms with van der Waals surface area (Å²) in [6, 6.07) is 0. The molecule has 0 rings (SSSR count). The fourth-order valence-corrected chi connectivity index (χ4v) is 1.89. The van der Waals surface area contributed by atoms with E-state index in [4.69, 9.17) is 14.0 Å². The van der Waals surface area contributed by atoms with Gasteiger partial charge in [-0.05, 0) is 20.8 Å². The van der Waals surface area contributed by atoms with Crippen LogP contribution in [0.15, 0.2) is 25.3 Å². The average Bonchev–Trinajstić information content (AvgIpc) is 2.50. The van der Waals surface area contributed by atoms with Gasteiger partial charge in [0.2, 0.25) is 5.94 Å². The van der Waals surface area contributed by atoms with Crippen molar-refractivity contribution in [2.45, 2.75) is 33.0 Å². The molecule has 140 valence electrons. The zero-order chi connectivity index (χ0) is 19.1. The summed E-state index contributed by atoms with van der Waals surface area (Å²) in [5.41, 5.74) is -1.76. The molecule has 0 heterocycles. The number of esters is 3. The maximum Gasteiger partial charge on any atom is 2.00 e. The van der Waals surface area contributed by atoms with Crippen LogP contribution in [0.5, 0.6) is 0 Å². The predicted octanol–water partition coefficient (Wildman–Crippen LogP) is 0.461. The minimum atomic E-state index is -4.58. The van der Waals surface area contributed by atoms with Crippen LogP contribution in [0.1, 0.15) is 23.6 Å². The minimum Gasteiger partial charge on any atom is -1.00 e. The Hall–Kier alpha value is -0.940. The van der Waals surface area contributed by atoms with Gasteiger partial charge in [-0.1, -0.05) is 13.2 Å². The van der Waals surface area contributed by atoms with E-state index in [-0.39, 0.29) is 40.6 Å². The van der Waals surface area contributed by atoms with Crippen LogP contribution in [0.3, 0.4) is 0 Å². The fourth-order valence-electron chi connectivity index (χ4n) is 1.64. The second kappa shape index (κ2) is 10.9. The van der Waals surface area contributed by atoms with Crippen molar-refractivity contribution in [3.63, 3.8) is 0 Å². The standard InChI is InChI=1S/C14H20O9S.Ca.2H/c1-6-11(15)22-9(3)14(5,10(4)23-12(16)7-2)13(17)21-8-24(18,19)20;;;/h6-7,9-10H,1-2,8H2,3-5H3,(H,18,19,20);;;/q;+2;2*-1. The zero-order valence-corrected chi connectivity index (χ0v) is 17.3. The van der Waals surface area contributed by atoms with Gasteiger partial charge in [0, 0.05) is 12.2 Å². The minimum absolute atomic E-state index is 0. The molecule has 2 atom stereocenters. The van der Waals surface area contributed by atoms with Crippen LogP contribution in [0.2, 0.25) is 0 Å². The maximum atomic E-state index is 12.3. The maximum absolute atomic E-state index is 12.3. The van der Waals surface area contributed by atoms with Crippen molar-refractivity contribution >= 4 is 65.8 Å². The first-order valence-corrected chi connectivity index (χ1v) is 8.27. The second-order valence-electron chi connectivity index (χ2n) is 4.98. The van der Waals surface area contributed by atoms with Crippen LogP contribution in [-0.2, 0) is 38.7 Å². The molecular formula is C14H22CaO9S. The fraction of sp³-hybridized carbons (Fsp3) is 0.500. The van der Waals surface area contributed by atoms with Crippen LogP contribution in [0, 0.1) is 5.41 Å². The van der Waals surface area contributed by atoms with Gasteiger partial charge < -0.3 is 17.1 Å². The molecule has 0 aliphatic carbocycles. The average molecular weight is 406 g/mol. The summed E-state index contributed by atoms with van der Waals surface area (Å²) in [5, 5.41) is 0. The van der Waals surface area contributed by atoms with E-state index in [1.807, 2.05) is 0 Å². The summed E-state index contributed by atoms with van der Waals surface area (Å²) in [7, 11) is -4.58. The third-order valence-corrected chi connectivity index (χ3v) is 3.80. The smallest absolute Gasteiger partial charge is 1.00 e. The summed E-state index contributed by atoms with van der Waals surface area (Å²) in [4.78, 5) is 35.0. The van der Waals surface area contributed by atoms with Crippen LogP contribution in [0.25, 0.3) is 0 Å². The van der Waals surface area contributed by atoms with Crippen LogP contribution in [0.4, 0.5) is 0 Å². The Morgan fingerprint density at radius 1 is 1.12 bits per heavy atom. The molecular weight excluding hydrogens is 384 g/mol. The van der Waals surface area contributed by atoms with Crippen molar-refractivity contribution in [1.29, 1.82) is 0 Å². The molecule has 11 heteroatoms. The third kappa shape index (κ3) is 8.32. The van der Waals surface area contributed by atoms with E-state index in [0.717, 1.165) is 12.2 Å². The molecule has 9 nitrogen and oxygen atoms in total. The molecule has 0 aromatic rings. The summed E-state index contributed by atoms with van der Waals surface area (Å²) in [5.74, 6) is -4.16. The Labute approximate surface area is 179 Å². The van der Waals surface area contributed by atoms with E-state index < -0.39 is 51.6 Å². The first-order chi connectivity index (χ1) is 10.9. The molecule has 0 aliphatic heterocycles. The number of rotatable bonds is 9. The summed E-state index contributed by atoms with van der Waals surface area (Å²) >= 11 is 0. The number of hydrogen-bond donors (Lipinski definition) is 1. The monoisotopic (exact) mass is 406 g/mol. The van der Waals surface area contributed by atoms with E-state index in [0.29, 0.717) is 0 Å². The van der Waals surface area contributed by atoms with Crippen molar-refractivity contribution in [1.82, 2.24) is 0 Å². The number of carbonyl (C=O) groups excluding carboxylic acids is 3. The quantitative estimate of drug-likeness (QED) is 0.190. The zero-order valence-electron chi connectivity index (χ0n) is 16.3. The third-order valence-electron chi connectivity index (χ3n) is 3.39. The van der Waals surface area contributed by atoms with Crippen molar-refractivity contribution in [3.05, 3.63) is 25.3 Å². The van der Waals surface area contributed by atoms with Crippen molar-refractivity contribution in [3.8, 4) is 0 Å². The van der Waals surface area contributed by atoms with Crippen LogP contribution in [-0.4, -0.2) is 86.8 Å². The Bertz CT molecular complexity index is 608. The van der Waals surface area contributed by atoms with Crippen LogP contribution >= 0.6 is 0 Å². The molecule has 25 heavy (non-hydrogen) atoms. The van der Waals surface area contributed by atoms with E-state index in [2.05, 4.69) is 17.9 Å². The van der Waals surface area contributed by atoms with Gasteiger partial charge in [-0.2, -0.15) is 8.42 Å². The summed E-state index contributed by atoms with van der Waals surface area (Å²) in [6.45, 7) is 10.3. The molecule has 0 saturated heterocycles. The van der Waals surface area contributed by atoms with Gasteiger partial charge in [0.05, 0.1) is 0 Å². The van der Waals surface area contributed by atoms with Gasteiger partial charge in [0.15, 0.2) is 0 Å². The molecule has 0 aromatic heterocycles. The molecule has 2 unspecified atom stereocenters. The van der Waals surface area contributed by atoms with Crippen molar-refractivity contribution in [2.75, 3.05) is 5.94 Å². The molecule has 0 fully saturated rings. The van der Waals surface area contributed by atoms with E-state index >= 15 is 0 Å².